The molecule has 1 aromatic carbocycles. The number of ether oxygens (including phenoxy) is 2. The first kappa shape index (κ1) is 18.0. The van der Waals surface area contributed by atoms with Gasteiger partial charge in [-0.2, -0.15) is 0 Å². The highest BCUT2D eigenvalue weighted by atomic mass is 32.2. The molecule has 0 bridgehead atoms. The van der Waals surface area contributed by atoms with Crippen LogP contribution in [0.15, 0.2) is 18.2 Å². The van der Waals surface area contributed by atoms with Crippen LogP contribution in [0.4, 0.5) is 0 Å². The lowest BCUT2D eigenvalue weighted by molar-refractivity contribution is -0.126. The lowest BCUT2D eigenvalue weighted by Gasteiger charge is -2.29. The molecule has 1 aromatic rings. The van der Waals surface area contributed by atoms with Gasteiger partial charge in [0.15, 0.2) is 11.5 Å². The normalized spacial score (nSPS) is 18.3. The van der Waals surface area contributed by atoms with Crippen molar-refractivity contribution in [1.29, 1.82) is 0 Å². The van der Waals surface area contributed by atoms with Gasteiger partial charge in [0.25, 0.3) is 0 Å². The average molecular weight is 368 g/mol. The number of piperidine rings is 1. The number of fused-ring (bicyclic) bond motifs is 1. The van der Waals surface area contributed by atoms with Gasteiger partial charge in [0.1, 0.15) is 0 Å². The molecule has 1 fully saturated rings. The van der Waals surface area contributed by atoms with Gasteiger partial charge in [0.2, 0.25) is 22.7 Å². The standard InChI is InChI=1S/C17H24N2O5S/c1-25(21,22)19-9-6-14(7-10-19)17(20)18-8-2-3-13-4-5-15-16(11-13)24-12-23-15/h4-5,11,14H,2-3,6-10,12H2,1H3,(H,18,20). The number of hydrogen-bond donors (Lipinski definition) is 1. The van der Waals surface area contributed by atoms with E-state index in [0.717, 1.165) is 29.9 Å². The van der Waals surface area contributed by atoms with E-state index in [1.165, 1.54) is 10.6 Å². The van der Waals surface area contributed by atoms with Crippen LogP contribution in [0.25, 0.3) is 0 Å². The summed E-state index contributed by atoms with van der Waals surface area (Å²) in [7, 11) is -3.15. The number of carbonyl (C=O) groups is 1. The number of nitrogens with zero attached hydrogens (tertiary/aromatic N) is 1. The van der Waals surface area contributed by atoms with E-state index in [4.69, 9.17) is 9.47 Å². The predicted molar refractivity (Wildman–Crippen MR) is 93.0 cm³/mol. The van der Waals surface area contributed by atoms with Crippen molar-refractivity contribution in [2.45, 2.75) is 25.7 Å². The molecule has 138 valence electrons. The highest BCUT2D eigenvalue weighted by molar-refractivity contribution is 7.88. The molecule has 1 saturated heterocycles. The van der Waals surface area contributed by atoms with Crippen LogP contribution in [-0.2, 0) is 21.2 Å². The fourth-order valence-electron chi connectivity index (χ4n) is 3.19. The van der Waals surface area contributed by atoms with Crippen LogP contribution in [0.5, 0.6) is 11.5 Å². The lowest BCUT2D eigenvalue weighted by atomic mass is 9.97. The number of hydrogen-bond acceptors (Lipinski definition) is 5. The van der Waals surface area contributed by atoms with E-state index in [2.05, 4.69) is 5.32 Å². The Labute approximate surface area is 148 Å². The Morgan fingerprint density at radius 2 is 1.96 bits per heavy atom. The van der Waals surface area contributed by atoms with Crippen molar-refractivity contribution in [3.05, 3.63) is 23.8 Å². The van der Waals surface area contributed by atoms with E-state index in [9.17, 15) is 13.2 Å². The molecule has 2 aliphatic rings. The number of amides is 1. The van der Waals surface area contributed by atoms with E-state index in [-0.39, 0.29) is 18.6 Å². The number of sulfonamides is 1. The highest BCUT2D eigenvalue weighted by Gasteiger charge is 2.28. The predicted octanol–water partition coefficient (Wildman–Crippen LogP) is 1.14. The summed E-state index contributed by atoms with van der Waals surface area (Å²) in [5.41, 5.74) is 1.15. The van der Waals surface area contributed by atoms with Crippen molar-refractivity contribution in [3.8, 4) is 11.5 Å². The van der Waals surface area contributed by atoms with E-state index in [1.807, 2.05) is 18.2 Å². The van der Waals surface area contributed by atoms with Gasteiger partial charge in [0.05, 0.1) is 6.26 Å². The maximum absolute atomic E-state index is 12.2. The van der Waals surface area contributed by atoms with E-state index < -0.39 is 10.0 Å². The van der Waals surface area contributed by atoms with Crippen LogP contribution in [0, 0.1) is 5.92 Å². The molecular weight excluding hydrogens is 344 g/mol. The minimum Gasteiger partial charge on any atom is -0.454 e. The summed E-state index contributed by atoms with van der Waals surface area (Å²) in [5.74, 6) is 1.49. The molecule has 0 aromatic heterocycles. The Hall–Kier alpha value is -1.80. The van der Waals surface area contributed by atoms with Crippen molar-refractivity contribution < 1.29 is 22.7 Å². The average Bonchev–Trinajstić information content (AvgIpc) is 3.05. The third-order valence-electron chi connectivity index (χ3n) is 4.67. The van der Waals surface area contributed by atoms with Crippen LogP contribution in [-0.4, -0.2) is 51.3 Å². The van der Waals surface area contributed by atoms with Gasteiger partial charge in [-0.1, -0.05) is 6.07 Å². The molecule has 0 unspecified atom stereocenters. The molecule has 0 spiro atoms. The second-order valence-electron chi connectivity index (χ2n) is 6.52. The first-order valence-corrected chi connectivity index (χ1v) is 10.4. The van der Waals surface area contributed by atoms with Crippen molar-refractivity contribution in [1.82, 2.24) is 9.62 Å². The van der Waals surface area contributed by atoms with Crippen molar-refractivity contribution in [2.24, 2.45) is 5.92 Å². The molecule has 0 atom stereocenters. The molecule has 3 rings (SSSR count). The third-order valence-corrected chi connectivity index (χ3v) is 5.98. The van der Waals surface area contributed by atoms with Gasteiger partial charge in [-0.3, -0.25) is 4.79 Å². The molecule has 1 amide bonds. The van der Waals surface area contributed by atoms with Crippen LogP contribution >= 0.6 is 0 Å². The molecule has 8 heteroatoms. The summed E-state index contributed by atoms with van der Waals surface area (Å²) in [6, 6.07) is 5.90. The Bertz CT molecular complexity index is 727. The molecule has 1 N–H and O–H groups in total. The summed E-state index contributed by atoms with van der Waals surface area (Å²) in [5, 5.41) is 2.97. The first-order valence-electron chi connectivity index (χ1n) is 8.55. The zero-order chi connectivity index (χ0) is 17.9. The minimum absolute atomic E-state index is 0.0267. The number of nitrogens with one attached hydrogen (secondary N) is 1. The summed E-state index contributed by atoms with van der Waals surface area (Å²) in [6.07, 6.45) is 4.07. The summed E-state index contributed by atoms with van der Waals surface area (Å²) in [4.78, 5) is 12.2. The van der Waals surface area contributed by atoms with Crippen LogP contribution in [0.2, 0.25) is 0 Å². The van der Waals surface area contributed by atoms with Gasteiger partial charge in [0, 0.05) is 25.6 Å². The summed E-state index contributed by atoms with van der Waals surface area (Å²) in [6.45, 7) is 1.73. The quantitative estimate of drug-likeness (QED) is 0.761. The molecule has 0 saturated carbocycles. The Morgan fingerprint density at radius 1 is 1.24 bits per heavy atom. The van der Waals surface area contributed by atoms with E-state index >= 15 is 0 Å². The molecule has 7 nitrogen and oxygen atoms in total. The maximum Gasteiger partial charge on any atom is 0.231 e. The van der Waals surface area contributed by atoms with Crippen molar-refractivity contribution in [2.75, 3.05) is 32.7 Å². The van der Waals surface area contributed by atoms with Gasteiger partial charge in [-0.25, -0.2) is 12.7 Å². The number of benzene rings is 1. The van der Waals surface area contributed by atoms with Crippen LogP contribution in [0.3, 0.4) is 0 Å². The Morgan fingerprint density at radius 3 is 2.68 bits per heavy atom. The first-order chi connectivity index (χ1) is 11.9. The minimum atomic E-state index is -3.15. The maximum atomic E-state index is 12.2. The SMILES string of the molecule is CS(=O)(=O)N1CCC(C(=O)NCCCc2ccc3c(c2)OCO3)CC1. The van der Waals surface area contributed by atoms with E-state index in [1.54, 1.807) is 0 Å². The smallest absolute Gasteiger partial charge is 0.231 e. The Kier molecular flexibility index (Phi) is 5.48. The van der Waals surface area contributed by atoms with Crippen LogP contribution < -0.4 is 14.8 Å². The fourth-order valence-corrected chi connectivity index (χ4v) is 4.07. The fraction of sp³-hybridized carbons (Fsp3) is 0.588. The van der Waals surface area contributed by atoms with Crippen molar-refractivity contribution >= 4 is 15.9 Å². The summed E-state index contributed by atoms with van der Waals surface area (Å²) >= 11 is 0. The molecule has 25 heavy (non-hydrogen) atoms. The number of aryl methyl sites for hydroxylation is 1. The van der Waals surface area contributed by atoms with Gasteiger partial charge < -0.3 is 14.8 Å². The highest BCUT2D eigenvalue weighted by Crippen LogP contribution is 2.32. The van der Waals surface area contributed by atoms with E-state index in [0.29, 0.717) is 32.5 Å². The third kappa shape index (κ3) is 4.64. The van der Waals surface area contributed by atoms with Crippen molar-refractivity contribution in [3.63, 3.8) is 0 Å². The second kappa shape index (κ2) is 7.61. The molecule has 0 aliphatic carbocycles. The van der Waals surface area contributed by atoms with Gasteiger partial charge in [-0.05, 0) is 43.4 Å². The zero-order valence-electron chi connectivity index (χ0n) is 14.4. The number of carbonyl (C=O) groups excluding carboxylic acids is 1. The number of rotatable bonds is 6. The summed E-state index contributed by atoms with van der Waals surface area (Å²) < 4.78 is 35.1. The molecule has 0 radical (unpaired) electrons. The Balaban J connectivity index is 1.37. The van der Waals surface area contributed by atoms with Crippen LogP contribution in [0.1, 0.15) is 24.8 Å². The lowest BCUT2D eigenvalue weighted by Crippen LogP contribution is -2.42. The zero-order valence-corrected chi connectivity index (χ0v) is 15.2. The second-order valence-corrected chi connectivity index (χ2v) is 8.50. The molecule has 2 aliphatic heterocycles. The topological polar surface area (TPSA) is 84.9 Å². The monoisotopic (exact) mass is 368 g/mol. The van der Waals surface area contributed by atoms with Gasteiger partial charge in [-0.15, -0.1) is 0 Å². The molecular formula is C17H24N2O5S. The van der Waals surface area contributed by atoms with Gasteiger partial charge >= 0.3 is 0 Å². The molecule has 2 heterocycles. The largest absolute Gasteiger partial charge is 0.454 e.